The summed E-state index contributed by atoms with van der Waals surface area (Å²) in [5.74, 6) is 3.12. The summed E-state index contributed by atoms with van der Waals surface area (Å²) in [4.78, 5) is 5.83. The smallest absolute Gasteiger partial charge is 0.0604 e. The van der Waals surface area contributed by atoms with Gasteiger partial charge in [0.05, 0.1) is 17.1 Å². The molecule has 2 heteroatoms. The van der Waals surface area contributed by atoms with E-state index in [-0.39, 0.29) is 27.1 Å². The van der Waals surface area contributed by atoms with Crippen molar-refractivity contribution >= 4 is 28.8 Å². The van der Waals surface area contributed by atoms with Gasteiger partial charge in [0.1, 0.15) is 0 Å². The van der Waals surface area contributed by atoms with Crippen LogP contribution < -0.4 is 4.90 Å². The molecule has 4 bridgehead atoms. The van der Waals surface area contributed by atoms with E-state index in [0.717, 1.165) is 11.8 Å². The van der Waals surface area contributed by atoms with E-state index in [0.29, 0.717) is 11.8 Å². The molecule has 5 aromatic carbocycles. The minimum absolute atomic E-state index is 0.00616. The molecular weight excluding hydrogens is 719 g/mol. The fourth-order valence-corrected chi connectivity index (χ4v) is 15.6. The maximum Gasteiger partial charge on any atom is 0.0604 e. The molecular formula is C56H63NS. The van der Waals surface area contributed by atoms with E-state index in [1.807, 2.05) is 0 Å². The Labute approximate surface area is 353 Å². The predicted molar refractivity (Wildman–Crippen MR) is 246 cm³/mol. The van der Waals surface area contributed by atoms with Crippen LogP contribution in [-0.2, 0) is 27.1 Å². The van der Waals surface area contributed by atoms with Crippen molar-refractivity contribution in [3.8, 4) is 11.1 Å². The average Bonchev–Trinajstić information content (AvgIpc) is 3.20. The van der Waals surface area contributed by atoms with E-state index < -0.39 is 0 Å². The van der Waals surface area contributed by atoms with Crippen molar-refractivity contribution in [2.75, 3.05) is 4.90 Å². The van der Waals surface area contributed by atoms with Crippen molar-refractivity contribution in [2.24, 2.45) is 23.7 Å². The normalized spacial score (nSPS) is 28.6. The lowest BCUT2D eigenvalue weighted by atomic mass is 9.41. The molecule has 12 rings (SSSR count). The fourth-order valence-electron chi connectivity index (χ4n) is 14.2. The first-order valence-electron chi connectivity index (χ1n) is 22.8. The number of rotatable bonds is 4. The predicted octanol–water partition coefficient (Wildman–Crippen LogP) is 15.7. The van der Waals surface area contributed by atoms with Crippen LogP contribution in [0.25, 0.3) is 11.1 Å². The van der Waals surface area contributed by atoms with Crippen LogP contribution in [0.4, 0.5) is 17.1 Å². The maximum atomic E-state index is 2.84. The molecule has 1 aliphatic heterocycles. The van der Waals surface area contributed by atoms with E-state index in [1.54, 1.807) is 22.3 Å². The summed E-state index contributed by atoms with van der Waals surface area (Å²) in [5.41, 5.74) is 16.7. The molecule has 0 radical (unpaired) electrons. The van der Waals surface area contributed by atoms with Crippen LogP contribution in [0, 0.1) is 23.7 Å². The first-order chi connectivity index (χ1) is 27.7. The quantitative estimate of drug-likeness (QED) is 0.179. The molecule has 58 heavy (non-hydrogen) atoms. The van der Waals surface area contributed by atoms with Gasteiger partial charge in [0.2, 0.25) is 0 Å². The molecule has 4 fully saturated rings. The minimum Gasteiger partial charge on any atom is -0.309 e. The van der Waals surface area contributed by atoms with Crippen LogP contribution in [0.2, 0.25) is 0 Å². The van der Waals surface area contributed by atoms with Crippen LogP contribution in [-0.4, -0.2) is 0 Å². The molecule has 0 amide bonds. The Kier molecular flexibility index (Phi) is 8.12. The van der Waals surface area contributed by atoms with E-state index >= 15 is 0 Å². The SMILES string of the molecule is CC1(C)CCC(C)(C)c2c(N(c3ccc(-c4ccccc4)c4c3Sc3ccccc3C43C4CC5CC(C4)CC3C5)c3cccc4c3C(C)(C)CCC4(C)C)cccc21. The van der Waals surface area contributed by atoms with E-state index in [2.05, 4.69) is 175 Å². The van der Waals surface area contributed by atoms with Gasteiger partial charge in [-0.3, -0.25) is 0 Å². The number of nitrogens with zero attached hydrogens (tertiary/aromatic N) is 1. The van der Waals surface area contributed by atoms with Gasteiger partial charge in [-0.25, -0.2) is 0 Å². The second-order valence-corrected chi connectivity index (χ2v) is 23.3. The summed E-state index contributed by atoms with van der Waals surface area (Å²) in [6, 6.07) is 41.0. The summed E-state index contributed by atoms with van der Waals surface area (Å²) >= 11 is 2.09. The van der Waals surface area contributed by atoms with Crippen molar-refractivity contribution in [2.45, 2.75) is 150 Å². The molecule has 6 aliphatic carbocycles. The Hall–Kier alpha value is -3.75. The Bertz CT molecular complexity index is 2350. The highest BCUT2D eigenvalue weighted by molar-refractivity contribution is 7.99. The highest BCUT2D eigenvalue weighted by Gasteiger charge is 2.62. The monoisotopic (exact) mass is 781 g/mol. The second-order valence-electron chi connectivity index (χ2n) is 22.2. The van der Waals surface area contributed by atoms with Crippen molar-refractivity contribution in [1.82, 2.24) is 0 Å². The highest BCUT2D eigenvalue weighted by Crippen LogP contribution is 2.71. The molecule has 0 saturated heterocycles. The molecule has 0 aromatic heterocycles. The average molecular weight is 782 g/mol. The van der Waals surface area contributed by atoms with Crippen molar-refractivity contribution < 1.29 is 0 Å². The van der Waals surface area contributed by atoms with Gasteiger partial charge in [-0.05, 0) is 172 Å². The summed E-state index contributed by atoms with van der Waals surface area (Å²) in [6.45, 7) is 20.1. The lowest BCUT2D eigenvalue weighted by Gasteiger charge is -2.63. The maximum absolute atomic E-state index is 2.84. The van der Waals surface area contributed by atoms with Crippen molar-refractivity contribution in [3.05, 3.63) is 137 Å². The Morgan fingerprint density at radius 3 is 1.52 bits per heavy atom. The molecule has 298 valence electrons. The summed E-state index contributed by atoms with van der Waals surface area (Å²) in [7, 11) is 0. The van der Waals surface area contributed by atoms with Gasteiger partial charge in [-0.2, -0.15) is 0 Å². The van der Waals surface area contributed by atoms with Gasteiger partial charge < -0.3 is 4.90 Å². The van der Waals surface area contributed by atoms with Crippen LogP contribution in [0.15, 0.2) is 113 Å². The summed E-state index contributed by atoms with van der Waals surface area (Å²) < 4.78 is 0. The second kappa shape index (κ2) is 12.6. The van der Waals surface area contributed by atoms with Gasteiger partial charge in [-0.15, -0.1) is 0 Å². The van der Waals surface area contributed by atoms with E-state index in [1.165, 1.54) is 107 Å². The van der Waals surface area contributed by atoms with Gasteiger partial charge >= 0.3 is 0 Å². The third-order valence-electron chi connectivity index (χ3n) is 17.0. The van der Waals surface area contributed by atoms with Crippen molar-refractivity contribution in [1.29, 1.82) is 0 Å². The molecule has 0 atom stereocenters. The summed E-state index contributed by atoms with van der Waals surface area (Å²) in [6.07, 6.45) is 11.7. The van der Waals surface area contributed by atoms with Gasteiger partial charge in [0, 0.05) is 15.2 Å². The lowest BCUT2D eigenvalue weighted by molar-refractivity contribution is -0.0441. The van der Waals surface area contributed by atoms with Crippen LogP contribution >= 0.6 is 11.8 Å². The Morgan fingerprint density at radius 2 is 0.948 bits per heavy atom. The Balaban J connectivity index is 1.28. The third kappa shape index (κ3) is 5.21. The molecule has 7 aliphatic rings. The molecule has 5 aromatic rings. The number of fused-ring (bicyclic) bond motifs is 4. The zero-order valence-corrected chi connectivity index (χ0v) is 37.2. The highest BCUT2D eigenvalue weighted by atomic mass is 32.2. The topological polar surface area (TPSA) is 3.24 Å². The van der Waals surface area contributed by atoms with Crippen LogP contribution in [0.3, 0.4) is 0 Å². The minimum atomic E-state index is 0.00616. The number of benzene rings is 5. The van der Waals surface area contributed by atoms with Gasteiger partial charge in [0.15, 0.2) is 0 Å². The largest absolute Gasteiger partial charge is 0.309 e. The molecule has 0 unspecified atom stereocenters. The standard InChI is InChI=1S/C56H63NS/c1-52(2)26-28-54(5,6)49-42(52)19-14-21-44(49)57(45-22-15-20-43-50(45)55(7,8)29-27-53(43,3)4)46-25-24-40(37-16-10-9-11-17-37)48-51(46)58-47-23-13-12-18-41(47)56(48)38-31-35-30-36(33-38)34-39(56)32-35/h9-25,35-36,38-39H,26-34H2,1-8H3. The van der Waals surface area contributed by atoms with E-state index in [4.69, 9.17) is 0 Å². The summed E-state index contributed by atoms with van der Waals surface area (Å²) in [5, 5.41) is 0. The number of hydrogen-bond donors (Lipinski definition) is 0. The van der Waals surface area contributed by atoms with Crippen molar-refractivity contribution in [3.63, 3.8) is 0 Å². The fraction of sp³-hybridized carbons (Fsp3) is 0.464. The molecule has 0 N–H and O–H groups in total. The first kappa shape index (κ1) is 37.3. The first-order valence-corrected chi connectivity index (χ1v) is 23.6. The van der Waals surface area contributed by atoms with Crippen LogP contribution in [0.5, 0.6) is 0 Å². The van der Waals surface area contributed by atoms with E-state index in [9.17, 15) is 0 Å². The molecule has 4 saturated carbocycles. The molecule has 1 spiro atoms. The number of anilines is 3. The zero-order chi connectivity index (χ0) is 40.0. The molecule has 1 nitrogen and oxygen atoms in total. The Morgan fingerprint density at radius 1 is 0.448 bits per heavy atom. The van der Waals surface area contributed by atoms with Gasteiger partial charge in [0.25, 0.3) is 0 Å². The molecule has 1 heterocycles. The zero-order valence-electron chi connectivity index (χ0n) is 36.3. The third-order valence-corrected chi connectivity index (χ3v) is 18.2. The lowest BCUT2D eigenvalue weighted by Crippen LogP contribution is -2.57. The number of hydrogen-bond acceptors (Lipinski definition) is 2. The van der Waals surface area contributed by atoms with Crippen LogP contribution in [0.1, 0.15) is 147 Å². The van der Waals surface area contributed by atoms with Gasteiger partial charge in [-0.1, -0.05) is 146 Å².